The first kappa shape index (κ1) is 9.19. The summed E-state index contributed by atoms with van der Waals surface area (Å²) in [5.74, 6) is -0.0683. The van der Waals surface area contributed by atoms with Gasteiger partial charge >= 0.3 is 0 Å². The third kappa shape index (κ3) is 2.56. The van der Waals surface area contributed by atoms with Crippen LogP contribution in [0.1, 0.15) is 12.7 Å². The zero-order valence-electron chi connectivity index (χ0n) is 7.19. The maximum absolute atomic E-state index is 11.0. The molecule has 0 unspecified atom stereocenters. The molecule has 13 heavy (non-hydrogen) atoms. The van der Waals surface area contributed by atoms with Crippen LogP contribution in [-0.2, 0) is 11.3 Å². The fourth-order valence-electron chi connectivity index (χ4n) is 0.822. The first-order valence-corrected chi connectivity index (χ1v) is 3.82. The molecule has 68 valence electrons. The number of rotatable bonds is 3. The van der Waals surface area contributed by atoms with Gasteiger partial charge < -0.3 is 5.32 Å². The highest BCUT2D eigenvalue weighted by Crippen LogP contribution is 1.86. The third-order valence-electron chi connectivity index (χ3n) is 1.32. The first-order valence-electron chi connectivity index (χ1n) is 3.82. The van der Waals surface area contributed by atoms with Crippen LogP contribution in [0.3, 0.4) is 0 Å². The van der Waals surface area contributed by atoms with Crippen LogP contribution in [0.4, 0.5) is 0 Å². The summed E-state index contributed by atoms with van der Waals surface area (Å²) in [7, 11) is 0. The van der Waals surface area contributed by atoms with E-state index in [2.05, 4.69) is 15.4 Å². The van der Waals surface area contributed by atoms with Crippen LogP contribution in [0.15, 0.2) is 6.33 Å². The van der Waals surface area contributed by atoms with Gasteiger partial charge in [0, 0.05) is 6.54 Å². The van der Waals surface area contributed by atoms with Crippen LogP contribution in [0, 0.1) is 11.3 Å². The molecule has 0 aliphatic carbocycles. The summed E-state index contributed by atoms with van der Waals surface area (Å²) in [5.41, 5.74) is 0. The molecule has 6 heteroatoms. The van der Waals surface area contributed by atoms with Crippen molar-refractivity contribution >= 4 is 5.91 Å². The molecule has 6 nitrogen and oxygen atoms in total. The molecule has 0 saturated carbocycles. The molecule has 1 N–H and O–H groups in total. The molecule has 1 amide bonds. The highest BCUT2D eigenvalue weighted by Gasteiger charge is 2.03. The number of nitriles is 1. The Hall–Kier alpha value is -1.90. The molecule has 0 atom stereocenters. The molecule has 0 bridgehead atoms. The lowest BCUT2D eigenvalue weighted by atomic mass is 10.5. The minimum absolute atomic E-state index is 0.0734. The van der Waals surface area contributed by atoms with E-state index in [0.717, 1.165) is 0 Å². The Morgan fingerprint density at radius 3 is 3.15 bits per heavy atom. The average Bonchev–Trinajstić information content (AvgIpc) is 2.52. The highest BCUT2D eigenvalue weighted by atomic mass is 16.2. The van der Waals surface area contributed by atoms with Gasteiger partial charge in [0.15, 0.2) is 0 Å². The lowest BCUT2D eigenvalue weighted by Crippen LogP contribution is -2.27. The molecule has 0 radical (unpaired) electrons. The Morgan fingerprint density at radius 2 is 2.62 bits per heavy atom. The molecule has 1 rings (SSSR count). The molecule has 0 aromatic carbocycles. The molecule has 1 heterocycles. The van der Waals surface area contributed by atoms with Crippen LogP contribution in [0.25, 0.3) is 0 Å². The summed E-state index contributed by atoms with van der Waals surface area (Å²) < 4.78 is 1.32. The monoisotopic (exact) mass is 179 g/mol. The summed E-state index contributed by atoms with van der Waals surface area (Å²) in [4.78, 5) is 14.7. The zero-order valence-corrected chi connectivity index (χ0v) is 7.19. The molecule has 0 fully saturated rings. The van der Waals surface area contributed by atoms with E-state index >= 15 is 0 Å². The second-order valence-corrected chi connectivity index (χ2v) is 2.33. The van der Waals surface area contributed by atoms with Crippen molar-refractivity contribution in [3.63, 3.8) is 0 Å². The standard InChI is InChI=1S/C7H9N5O/c1-2-9-7(13)4-12-5-10-6(3-8)11-12/h5H,2,4H2,1H3,(H,9,13). The summed E-state index contributed by atoms with van der Waals surface area (Å²) in [6.07, 6.45) is 1.35. The minimum atomic E-state index is -0.142. The average molecular weight is 179 g/mol. The van der Waals surface area contributed by atoms with E-state index in [0.29, 0.717) is 6.54 Å². The summed E-state index contributed by atoms with van der Waals surface area (Å²) in [5, 5.41) is 14.7. The van der Waals surface area contributed by atoms with Crippen molar-refractivity contribution in [2.75, 3.05) is 6.54 Å². The predicted molar refractivity (Wildman–Crippen MR) is 43.4 cm³/mol. The number of aromatic nitrogens is 3. The Balaban J connectivity index is 2.55. The fourth-order valence-corrected chi connectivity index (χ4v) is 0.822. The normalized spacial score (nSPS) is 9.23. The first-order chi connectivity index (χ1) is 6.26. The largest absolute Gasteiger partial charge is 0.355 e. The van der Waals surface area contributed by atoms with Crippen LogP contribution < -0.4 is 5.32 Å². The number of nitrogens with zero attached hydrogens (tertiary/aromatic N) is 4. The Bertz CT molecular complexity index is 337. The Labute approximate surface area is 75.2 Å². The van der Waals surface area contributed by atoms with E-state index in [-0.39, 0.29) is 18.3 Å². The maximum Gasteiger partial charge on any atom is 0.252 e. The van der Waals surface area contributed by atoms with Crippen LogP contribution in [0.2, 0.25) is 0 Å². The lowest BCUT2D eigenvalue weighted by molar-refractivity contribution is -0.121. The van der Waals surface area contributed by atoms with Gasteiger partial charge in [-0.25, -0.2) is 9.67 Å². The van der Waals surface area contributed by atoms with Gasteiger partial charge in [0.1, 0.15) is 18.9 Å². The Morgan fingerprint density at radius 1 is 1.85 bits per heavy atom. The number of nitrogens with one attached hydrogen (secondary N) is 1. The van der Waals surface area contributed by atoms with Crippen molar-refractivity contribution in [2.45, 2.75) is 13.5 Å². The van der Waals surface area contributed by atoms with Gasteiger partial charge in [-0.3, -0.25) is 4.79 Å². The SMILES string of the molecule is CCNC(=O)Cn1cnc(C#N)n1. The van der Waals surface area contributed by atoms with Gasteiger partial charge in [-0.15, -0.1) is 5.10 Å². The van der Waals surface area contributed by atoms with Crippen molar-refractivity contribution in [3.8, 4) is 6.07 Å². The molecule has 1 aromatic rings. The number of carbonyl (C=O) groups is 1. The zero-order chi connectivity index (χ0) is 9.68. The third-order valence-corrected chi connectivity index (χ3v) is 1.32. The van der Waals surface area contributed by atoms with E-state index in [1.54, 1.807) is 6.07 Å². The van der Waals surface area contributed by atoms with Crippen LogP contribution in [-0.4, -0.2) is 27.2 Å². The van der Waals surface area contributed by atoms with Gasteiger partial charge in [0.2, 0.25) is 5.91 Å². The van der Waals surface area contributed by atoms with E-state index in [9.17, 15) is 4.79 Å². The van der Waals surface area contributed by atoms with Gasteiger partial charge in [0.25, 0.3) is 5.82 Å². The molecule has 0 aliphatic rings. The molecule has 0 spiro atoms. The summed E-state index contributed by atoms with van der Waals surface area (Å²) in [6, 6.07) is 1.78. The van der Waals surface area contributed by atoms with Crippen molar-refractivity contribution in [1.29, 1.82) is 5.26 Å². The van der Waals surface area contributed by atoms with Gasteiger partial charge in [0.05, 0.1) is 0 Å². The van der Waals surface area contributed by atoms with Crippen molar-refractivity contribution in [2.24, 2.45) is 0 Å². The van der Waals surface area contributed by atoms with Crippen molar-refractivity contribution < 1.29 is 4.79 Å². The van der Waals surface area contributed by atoms with E-state index in [4.69, 9.17) is 5.26 Å². The maximum atomic E-state index is 11.0. The lowest BCUT2D eigenvalue weighted by Gasteiger charge is -1.99. The quantitative estimate of drug-likeness (QED) is 0.664. The number of likely N-dealkylation sites (N-methyl/N-ethyl adjacent to an activating group) is 1. The second kappa shape index (κ2) is 4.21. The molecular weight excluding hydrogens is 170 g/mol. The van der Waals surface area contributed by atoms with Crippen molar-refractivity contribution in [3.05, 3.63) is 12.2 Å². The highest BCUT2D eigenvalue weighted by molar-refractivity contribution is 5.75. The molecular formula is C7H9N5O. The van der Waals surface area contributed by atoms with Crippen molar-refractivity contribution in [1.82, 2.24) is 20.1 Å². The number of carbonyl (C=O) groups excluding carboxylic acids is 1. The minimum Gasteiger partial charge on any atom is -0.355 e. The number of hydrogen-bond acceptors (Lipinski definition) is 4. The van der Waals surface area contributed by atoms with E-state index < -0.39 is 0 Å². The van der Waals surface area contributed by atoms with Gasteiger partial charge in [-0.2, -0.15) is 5.26 Å². The number of amides is 1. The fraction of sp³-hybridized carbons (Fsp3) is 0.429. The van der Waals surface area contributed by atoms with Crippen LogP contribution in [0.5, 0.6) is 0 Å². The topological polar surface area (TPSA) is 83.6 Å². The van der Waals surface area contributed by atoms with Gasteiger partial charge in [-0.1, -0.05) is 0 Å². The van der Waals surface area contributed by atoms with E-state index in [1.165, 1.54) is 11.0 Å². The van der Waals surface area contributed by atoms with Gasteiger partial charge in [-0.05, 0) is 6.92 Å². The molecule has 0 saturated heterocycles. The number of hydrogen-bond donors (Lipinski definition) is 1. The Kier molecular flexibility index (Phi) is 2.97. The second-order valence-electron chi connectivity index (χ2n) is 2.33. The summed E-state index contributed by atoms with van der Waals surface area (Å²) in [6.45, 7) is 2.51. The smallest absolute Gasteiger partial charge is 0.252 e. The summed E-state index contributed by atoms with van der Waals surface area (Å²) >= 11 is 0. The van der Waals surface area contributed by atoms with E-state index in [1.807, 2.05) is 6.92 Å². The predicted octanol–water partition coefficient (Wildman–Crippen LogP) is -0.714. The van der Waals surface area contributed by atoms with Crippen LogP contribution >= 0.6 is 0 Å². The molecule has 0 aliphatic heterocycles. The molecule has 1 aromatic heterocycles.